The molecule has 6 heteroatoms. The van der Waals surface area contributed by atoms with Crippen molar-refractivity contribution in [3.63, 3.8) is 0 Å². The highest BCUT2D eigenvalue weighted by atomic mass is 19.1. The second kappa shape index (κ2) is 4.79. The number of carboxylic acid groups (broad SMARTS) is 1. The molecular formula is C12H9FN2O3. The molecular weight excluding hydrogens is 239 g/mol. The van der Waals surface area contributed by atoms with Crippen LogP contribution in [0.15, 0.2) is 30.6 Å². The summed E-state index contributed by atoms with van der Waals surface area (Å²) in [5, 5.41) is 9.03. The maximum atomic E-state index is 12.7. The summed E-state index contributed by atoms with van der Waals surface area (Å²) >= 11 is 0. The van der Waals surface area contributed by atoms with Crippen molar-refractivity contribution in [2.24, 2.45) is 0 Å². The number of benzene rings is 1. The number of nitrogens with zero attached hydrogens (tertiary/aromatic N) is 2. The first-order valence-corrected chi connectivity index (χ1v) is 5.01. The highest BCUT2D eigenvalue weighted by Gasteiger charge is 2.13. The lowest BCUT2D eigenvalue weighted by Crippen LogP contribution is -2.01. The van der Waals surface area contributed by atoms with E-state index in [0.717, 1.165) is 12.4 Å². The first kappa shape index (κ1) is 12.0. The SMILES string of the molecule is COc1ccc(-c2ncc(F)cn2)cc1C(=O)O. The van der Waals surface area contributed by atoms with Crippen molar-refractivity contribution in [2.45, 2.75) is 0 Å². The monoisotopic (exact) mass is 248 g/mol. The number of hydrogen-bond donors (Lipinski definition) is 1. The Bertz CT molecular complexity index is 584. The van der Waals surface area contributed by atoms with Crippen LogP contribution in [0.3, 0.4) is 0 Å². The van der Waals surface area contributed by atoms with Crippen molar-refractivity contribution in [3.8, 4) is 17.1 Å². The van der Waals surface area contributed by atoms with E-state index >= 15 is 0 Å². The molecule has 2 aromatic rings. The third-order valence-electron chi connectivity index (χ3n) is 2.31. The van der Waals surface area contributed by atoms with Gasteiger partial charge in [0.15, 0.2) is 11.6 Å². The first-order chi connectivity index (χ1) is 8.61. The Morgan fingerprint density at radius 3 is 2.56 bits per heavy atom. The molecule has 0 unspecified atom stereocenters. The summed E-state index contributed by atoms with van der Waals surface area (Å²) in [6, 6.07) is 4.50. The Labute approximate surface area is 102 Å². The summed E-state index contributed by atoms with van der Waals surface area (Å²) in [5.74, 6) is -1.17. The molecule has 1 aromatic carbocycles. The van der Waals surface area contributed by atoms with Gasteiger partial charge in [0.2, 0.25) is 0 Å². The maximum absolute atomic E-state index is 12.7. The van der Waals surface area contributed by atoms with Crippen molar-refractivity contribution in [3.05, 3.63) is 42.0 Å². The Morgan fingerprint density at radius 2 is 2.00 bits per heavy atom. The van der Waals surface area contributed by atoms with E-state index in [1.807, 2.05) is 0 Å². The number of halogens is 1. The van der Waals surface area contributed by atoms with E-state index in [2.05, 4.69) is 9.97 Å². The van der Waals surface area contributed by atoms with Gasteiger partial charge in [-0.15, -0.1) is 0 Å². The second-order valence-corrected chi connectivity index (χ2v) is 3.45. The van der Waals surface area contributed by atoms with E-state index in [0.29, 0.717) is 5.56 Å². The highest BCUT2D eigenvalue weighted by Crippen LogP contribution is 2.24. The Hall–Kier alpha value is -2.50. The first-order valence-electron chi connectivity index (χ1n) is 5.01. The molecule has 0 aliphatic heterocycles. The van der Waals surface area contributed by atoms with Gasteiger partial charge in [-0.3, -0.25) is 0 Å². The van der Waals surface area contributed by atoms with E-state index in [1.54, 1.807) is 6.07 Å². The van der Waals surface area contributed by atoms with Gasteiger partial charge in [-0.05, 0) is 18.2 Å². The molecule has 0 amide bonds. The van der Waals surface area contributed by atoms with Crippen LogP contribution >= 0.6 is 0 Å². The van der Waals surface area contributed by atoms with Gasteiger partial charge in [-0.25, -0.2) is 19.2 Å². The van der Waals surface area contributed by atoms with Crippen LogP contribution in [-0.4, -0.2) is 28.2 Å². The van der Waals surface area contributed by atoms with Crippen molar-refractivity contribution >= 4 is 5.97 Å². The molecule has 5 nitrogen and oxygen atoms in total. The Kier molecular flexibility index (Phi) is 3.18. The Morgan fingerprint density at radius 1 is 1.33 bits per heavy atom. The van der Waals surface area contributed by atoms with Gasteiger partial charge in [-0.1, -0.05) is 0 Å². The van der Waals surface area contributed by atoms with E-state index in [4.69, 9.17) is 9.84 Å². The smallest absolute Gasteiger partial charge is 0.339 e. The minimum absolute atomic E-state index is 0.00271. The quantitative estimate of drug-likeness (QED) is 0.899. The van der Waals surface area contributed by atoms with Crippen LogP contribution in [0.25, 0.3) is 11.4 Å². The average Bonchev–Trinajstić information content (AvgIpc) is 2.39. The molecule has 92 valence electrons. The van der Waals surface area contributed by atoms with Gasteiger partial charge in [0, 0.05) is 5.56 Å². The molecule has 0 aliphatic rings. The fourth-order valence-electron chi connectivity index (χ4n) is 1.48. The zero-order valence-electron chi connectivity index (χ0n) is 9.42. The number of aromatic nitrogens is 2. The van der Waals surface area contributed by atoms with E-state index < -0.39 is 11.8 Å². The molecule has 18 heavy (non-hydrogen) atoms. The molecule has 0 spiro atoms. The summed E-state index contributed by atoms with van der Waals surface area (Å²) in [7, 11) is 1.38. The third-order valence-corrected chi connectivity index (χ3v) is 2.31. The van der Waals surface area contributed by atoms with E-state index in [-0.39, 0.29) is 17.1 Å². The average molecular weight is 248 g/mol. The predicted octanol–water partition coefficient (Wildman–Crippen LogP) is 1.99. The fraction of sp³-hybridized carbons (Fsp3) is 0.0833. The number of hydrogen-bond acceptors (Lipinski definition) is 4. The molecule has 1 heterocycles. The van der Waals surface area contributed by atoms with Gasteiger partial charge in [0.05, 0.1) is 19.5 Å². The van der Waals surface area contributed by atoms with Crippen molar-refractivity contribution in [1.82, 2.24) is 9.97 Å². The molecule has 0 bridgehead atoms. The van der Waals surface area contributed by atoms with Gasteiger partial charge in [0.1, 0.15) is 11.3 Å². The molecule has 0 saturated carbocycles. The summed E-state index contributed by atoms with van der Waals surface area (Å²) in [4.78, 5) is 18.6. The number of carbonyl (C=O) groups is 1. The molecule has 1 N–H and O–H groups in total. The largest absolute Gasteiger partial charge is 0.496 e. The minimum atomic E-state index is -1.11. The molecule has 0 fully saturated rings. The van der Waals surface area contributed by atoms with E-state index in [1.165, 1.54) is 19.2 Å². The topological polar surface area (TPSA) is 72.3 Å². The maximum Gasteiger partial charge on any atom is 0.339 e. The van der Waals surface area contributed by atoms with Crippen LogP contribution in [0.1, 0.15) is 10.4 Å². The van der Waals surface area contributed by atoms with Crippen molar-refractivity contribution in [2.75, 3.05) is 7.11 Å². The van der Waals surface area contributed by atoms with Crippen LogP contribution in [0, 0.1) is 5.82 Å². The Balaban J connectivity index is 2.49. The van der Waals surface area contributed by atoms with Crippen LogP contribution in [0.2, 0.25) is 0 Å². The number of carboxylic acids is 1. The van der Waals surface area contributed by atoms with Crippen molar-refractivity contribution in [1.29, 1.82) is 0 Å². The lowest BCUT2D eigenvalue weighted by atomic mass is 10.1. The summed E-state index contributed by atoms with van der Waals surface area (Å²) in [6.07, 6.45) is 2.04. The molecule has 1 aromatic heterocycles. The molecule has 0 radical (unpaired) electrons. The molecule has 0 saturated heterocycles. The summed E-state index contributed by atoms with van der Waals surface area (Å²) < 4.78 is 17.6. The van der Waals surface area contributed by atoms with Crippen LogP contribution < -0.4 is 4.74 Å². The number of rotatable bonds is 3. The standard InChI is InChI=1S/C12H9FN2O3/c1-18-10-3-2-7(4-9(10)12(16)17)11-14-5-8(13)6-15-11/h2-6H,1H3,(H,16,17). The summed E-state index contributed by atoms with van der Waals surface area (Å²) in [5.41, 5.74) is 0.483. The number of aromatic carboxylic acids is 1. The van der Waals surface area contributed by atoms with Gasteiger partial charge < -0.3 is 9.84 Å². The highest BCUT2D eigenvalue weighted by molar-refractivity contribution is 5.92. The summed E-state index contributed by atoms with van der Waals surface area (Å²) in [6.45, 7) is 0. The second-order valence-electron chi connectivity index (χ2n) is 3.45. The normalized spacial score (nSPS) is 10.1. The minimum Gasteiger partial charge on any atom is -0.496 e. The lowest BCUT2D eigenvalue weighted by Gasteiger charge is -2.06. The van der Waals surface area contributed by atoms with Gasteiger partial charge in [-0.2, -0.15) is 0 Å². The molecule has 0 aliphatic carbocycles. The van der Waals surface area contributed by atoms with E-state index in [9.17, 15) is 9.18 Å². The van der Waals surface area contributed by atoms with Gasteiger partial charge in [0.25, 0.3) is 0 Å². The molecule has 0 atom stereocenters. The zero-order chi connectivity index (χ0) is 13.1. The molecule has 2 rings (SSSR count). The van der Waals surface area contributed by atoms with Crippen LogP contribution in [-0.2, 0) is 0 Å². The van der Waals surface area contributed by atoms with Crippen molar-refractivity contribution < 1.29 is 19.0 Å². The van der Waals surface area contributed by atoms with Crippen LogP contribution in [0.5, 0.6) is 5.75 Å². The predicted molar refractivity (Wildman–Crippen MR) is 60.9 cm³/mol. The zero-order valence-corrected chi connectivity index (χ0v) is 9.42. The number of methoxy groups -OCH3 is 1. The third kappa shape index (κ3) is 2.27. The van der Waals surface area contributed by atoms with Crippen LogP contribution in [0.4, 0.5) is 4.39 Å². The lowest BCUT2D eigenvalue weighted by molar-refractivity contribution is 0.0693. The van der Waals surface area contributed by atoms with Gasteiger partial charge >= 0.3 is 5.97 Å². The number of ether oxygens (including phenoxy) is 1. The fourth-order valence-corrected chi connectivity index (χ4v) is 1.48.